The fraction of sp³-hybridized carbons (Fsp3) is 0.100. The molecule has 5 nitrogen and oxygen atoms in total. The normalized spacial score (nSPS) is 10.1. The van der Waals surface area contributed by atoms with E-state index in [0.29, 0.717) is 11.6 Å². The van der Waals surface area contributed by atoms with Gasteiger partial charge < -0.3 is 20.0 Å². The van der Waals surface area contributed by atoms with Crippen molar-refractivity contribution in [3.8, 4) is 11.5 Å². The van der Waals surface area contributed by atoms with Crippen LogP contribution in [0.1, 0.15) is 5.89 Å². The molecular weight excluding hydrogens is 196 g/mol. The third kappa shape index (κ3) is 2.40. The van der Waals surface area contributed by atoms with Crippen molar-refractivity contribution in [2.75, 3.05) is 5.73 Å². The first-order valence-electron chi connectivity index (χ1n) is 4.36. The fourth-order valence-electron chi connectivity index (χ4n) is 1.08. The molecule has 1 heterocycles. The van der Waals surface area contributed by atoms with Crippen molar-refractivity contribution in [3.63, 3.8) is 0 Å². The molecule has 0 aliphatic carbocycles. The molecule has 15 heavy (non-hydrogen) atoms. The van der Waals surface area contributed by atoms with E-state index in [1.165, 1.54) is 6.20 Å². The SMILES string of the molecule is Nc1cnc(COc2ccc(O)cc2)o1. The molecule has 0 atom stereocenters. The summed E-state index contributed by atoms with van der Waals surface area (Å²) in [5.41, 5.74) is 5.35. The van der Waals surface area contributed by atoms with Gasteiger partial charge in [0.05, 0.1) is 6.20 Å². The lowest BCUT2D eigenvalue weighted by Gasteiger charge is -2.02. The monoisotopic (exact) mass is 206 g/mol. The van der Waals surface area contributed by atoms with E-state index in [1.54, 1.807) is 24.3 Å². The van der Waals surface area contributed by atoms with E-state index < -0.39 is 0 Å². The van der Waals surface area contributed by atoms with Crippen LogP contribution in [0.25, 0.3) is 0 Å². The lowest BCUT2D eigenvalue weighted by molar-refractivity contribution is 0.265. The van der Waals surface area contributed by atoms with Crippen molar-refractivity contribution in [3.05, 3.63) is 36.4 Å². The first kappa shape index (κ1) is 9.39. The smallest absolute Gasteiger partial charge is 0.234 e. The van der Waals surface area contributed by atoms with Crippen LogP contribution in [0.4, 0.5) is 5.88 Å². The van der Waals surface area contributed by atoms with Crippen molar-refractivity contribution < 1.29 is 14.3 Å². The minimum absolute atomic E-state index is 0.197. The number of benzene rings is 1. The average Bonchev–Trinajstić information content (AvgIpc) is 2.64. The van der Waals surface area contributed by atoms with Crippen molar-refractivity contribution in [1.29, 1.82) is 0 Å². The topological polar surface area (TPSA) is 81.5 Å². The van der Waals surface area contributed by atoms with Crippen LogP contribution in [-0.2, 0) is 6.61 Å². The quantitative estimate of drug-likeness (QED) is 0.796. The van der Waals surface area contributed by atoms with E-state index in [4.69, 9.17) is 20.0 Å². The van der Waals surface area contributed by atoms with Crippen LogP contribution in [0.3, 0.4) is 0 Å². The first-order chi connectivity index (χ1) is 7.24. The maximum Gasteiger partial charge on any atom is 0.234 e. The number of anilines is 1. The lowest BCUT2D eigenvalue weighted by Crippen LogP contribution is -1.94. The van der Waals surface area contributed by atoms with Crippen LogP contribution < -0.4 is 10.5 Å². The van der Waals surface area contributed by atoms with Gasteiger partial charge in [-0.3, -0.25) is 0 Å². The molecule has 1 aromatic carbocycles. The van der Waals surface area contributed by atoms with Crippen LogP contribution in [0.15, 0.2) is 34.9 Å². The maximum absolute atomic E-state index is 9.04. The van der Waals surface area contributed by atoms with Gasteiger partial charge in [0.1, 0.15) is 11.5 Å². The van der Waals surface area contributed by atoms with Gasteiger partial charge in [-0.05, 0) is 24.3 Å². The Morgan fingerprint density at radius 3 is 2.67 bits per heavy atom. The zero-order valence-electron chi connectivity index (χ0n) is 7.88. The molecule has 0 saturated heterocycles. The highest BCUT2D eigenvalue weighted by molar-refractivity contribution is 5.30. The van der Waals surface area contributed by atoms with Gasteiger partial charge >= 0.3 is 0 Å². The Balaban J connectivity index is 1.96. The van der Waals surface area contributed by atoms with E-state index in [-0.39, 0.29) is 18.2 Å². The number of nitrogens with two attached hydrogens (primary N) is 1. The average molecular weight is 206 g/mol. The highest BCUT2D eigenvalue weighted by Gasteiger charge is 2.01. The van der Waals surface area contributed by atoms with Gasteiger partial charge in [-0.25, -0.2) is 4.98 Å². The highest BCUT2D eigenvalue weighted by atomic mass is 16.5. The maximum atomic E-state index is 9.04. The molecule has 0 fully saturated rings. The molecule has 5 heteroatoms. The summed E-state index contributed by atoms with van der Waals surface area (Å²) in [5, 5.41) is 9.04. The second kappa shape index (κ2) is 3.91. The number of phenolic OH excluding ortho intramolecular Hbond substituents is 1. The number of hydrogen-bond acceptors (Lipinski definition) is 5. The summed E-state index contributed by atoms with van der Waals surface area (Å²) >= 11 is 0. The van der Waals surface area contributed by atoms with E-state index in [1.807, 2.05) is 0 Å². The van der Waals surface area contributed by atoms with Crippen LogP contribution in [0, 0.1) is 0 Å². The molecule has 0 spiro atoms. The van der Waals surface area contributed by atoms with E-state index in [9.17, 15) is 0 Å². The molecule has 0 amide bonds. The summed E-state index contributed by atoms with van der Waals surface area (Å²) in [4.78, 5) is 3.88. The summed E-state index contributed by atoms with van der Waals surface area (Å²) in [6.45, 7) is 0.210. The van der Waals surface area contributed by atoms with Gasteiger partial charge in [0.25, 0.3) is 0 Å². The largest absolute Gasteiger partial charge is 0.508 e. The van der Waals surface area contributed by atoms with Gasteiger partial charge in [0.2, 0.25) is 11.8 Å². The molecular formula is C10H10N2O3. The molecule has 78 valence electrons. The van der Waals surface area contributed by atoms with E-state index in [2.05, 4.69) is 4.98 Å². The van der Waals surface area contributed by atoms with Gasteiger partial charge in [-0.15, -0.1) is 0 Å². The summed E-state index contributed by atoms with van der Waals surface area (Å²) in [7, 11) is 0. The molecule has 3 N–H and O–H groups in total. The number of nitrogen functional groups attached to an aromatic ring is 1. The second-order valence-electron chi connectivity index (χ2n) is 2.94. The first-order valence-corrected chi connectivity index (χ1v) is 4.36. The van der Waals surface area contributed by atoms with Crippen LogP contribution in [0.5, 0.6) is 11.5 Å². The summed E-state index contributed by atoms with van der Waals surface area (Å²) < 4.78 is 10.4. The van der Waals surface area contributed by atoms with Crippen LogP contribution >= 0.6 is 0 Å². The molecule has 0 radical (unpaired) electrons. The second-order valence-corrected chi connectivity index (χ2v) is 2.94. The number of hydrogen-bond donors (Lipinski definition) is 2. The molecule has 0 aliphatic heterocycles. The Kier molecular flexibility index (Phi) is 2.45. The van der Waals surface area contributed by atoms with Gasteiger partial charge in [0, 0.05) is 0 Å². The molecule has 0 bridgehead atoms. The fourth-order valence-corrected chi connectivity index (χ4v) is 1.08. The van der Waals surface area contributed by atoms with E-state index in [0.717, 1.165) is 0 Å². The van der Waals surface area contributed by atoms with Gasteiger partial charge in [0.15, 0.2) is 6.61 Å². The van der Waals surface area contributed by atoms with E-state index >= 15 is 0 Å². The Labute approximate surface area is 86.1 Å². The number of aromatic hydroxyl groups is 1. The predicted molar refractivity (Wildman–Crippen MR) is 53.4 cm³/mol. The van der Waals surface area contributed by atoms with Gasteiger partial charge in [-0.2, -0.15) is 0 Å². The standard InChI is InChI=1S/C10H10N2O3/c11-9-5-12-10(15-9)6-14-8-3-1-7(13)2-4-8/h1-5,13H,6,11H2. The van der Waals surface area contributed by atoms with Crippen molar-refractivity contribution in [1.82, 2.24) is 4.98 Å². The minimum Gasteiger partial charge on any atom is -0.508 e. The van der Waals surface area contributed by atoms with Crippen molar-refractivity contribution >= 4 is 5.88 Å². The molecule has 0 aliphatic rings. The predicted octanol–water partition coefficient (Wildman–Crippen LogP) is 1.54. The summed E-state index contributed by atoms with van der Waals surface area (Å²) in [5.74, 6) is 1.51. The van der Waals surface area contributed by atoms with Crippen LogP contribution in [0.2, 0.25) is 0 Å². The minimum atomic E-state index is 0.197. The zero-order chi connectivity index (χ0) is 10.7. The Bertz CT molecular complexity index is 436. The third-order valence-electron chi connectivity index (χ3n) is 1.77. The number of aromatic nitrogens is 1. The zero-order valence-corrected chi connectivity index (χ0v) is 7.88. The number of nitrogens with zero attached hydrogens (tertiary/aromatic N) is 1. The van der Waals surface area contributed by atoms with Crippen molar-refractivity contribution in [2.45, 2.75) is 6.61 Å². The lowest BCUT2D eigenvalue weighted by atomic mass is 10.3. The van der Waals surface area contributed by atoms with Crippen LogP contribution in [-0.4, -0.2) is 10.1 Å². The molecule has 2 aromatic rings. The Hall–Kier alpha value is -2.17. The summed E-state index contributed by atoms with van der Waals surface area (Å²) in [6.07, 6.45) is 1.43. The number of oxazole rings is 1. The Morgan fingerprint density at radius 2 is 2.07 bits per heavy atom. The number of phenols is 1. The third-order valence-corrected chi connectivity index (χ3v) is 1.77. The number of rotatable bonds is 3. The Morgan fingerprint density at radius 1 is 1.33 bits per heavy atom. The summed E-state index contributed by atoms with van der Waals surface area (Å²) in [6, 6.07) is 6.39. The highest BCUT2D eigenvalue weighted by Crippen LogP contribution is 2.17. The number of ether oxygens (including phenoxy) is 1. The molecule has 1 aromatic heterocycles. The van der Waals surface area contributed by atoms with Gasteiger partial charge in [-0.1, -0.05) is 0 Å². The molecule has 0 saturated carbocycles. The van der Waals surface area contributed by atoms with Crippen molar-refractivity contribution in [2.24, 2.45) is 0 Å². The molecule has 0 unspecified atom stereocenters. The molecule has 2 rings (SSSR count).